The van der Waals surface area contributed by atoms with Crippen molar-refractivity contribution >= 4 is 10.9 Å². The highest BCUT2D eigenvalue weighted by atomic mass is 16.5. The number of fused-ring (bicyclic) bond motifs is 1. The molecule has 1 aromatic heterocycles. The number of nitrogens with zero attached hydrogens (tertiary/aromatic N) is 1. The average molecular weight is 281 g/mol. The topological polar surface area (TPSA) is 34.4 Å². The summed E-state index contributed by atoms with van der Waals surface area (Å²) in [7, 11) is 0. The van der Waals surface area contributed by atoms with Gasteiger partial charge in [-0.05, 0) is 32.0 Å². The SMILES string of the molecule is CC(C)n1cc(COc2ccccc2)c2cccc(O)c21. The zero-order valence-electron chi connectivity index (χ0n) is 12.3. The van der Waals surface area contributed by atoms with Gasteiger partial charge in [-0.15, -0.1) is 0 Å². The zero-order valence-corrected chi connectivity index (χ0v) is 12.3. The monoisotopic (exact) mass is 281 g/mol. The van der Waals surface area contributed by atoms with Crippen LogP contribution in [-0.4, -0.2) is 9.67 Å². The Balaban J connectivity index is 1.97. The lowest BCUT2D eigenvalue weighted by Gasteiger charge is -2.09. The molecule has 0 radical (unpaired) electrons. The Hall–Kier alpha value is -2.42. The van der Waals surface area contributed by atoms with Crippen LogP contribution in [0.2, 0.25) is 0 Å². The number of hydrogen-bond donors (Lipinski definition) is 1. The van der Waals surface area contributed by atoms with Crippen molar-refractivity contribution in [2.24, 2.45) is 0 Å². The van der Waals surface area contributed by atoms with Crippen LogP contribution in [0.3, 0.4) is 0 Å². The number of rotatable bonds is 4. The van der Waals surface area contributed by atoms with E-state index in [2.05, 4.69) is 24.6 Å². The number of ether oxygens (including phenoxy) is 1. The Morgan fingerprint density at radius 1 is 1.05 bits per heavy atom. The Kier molecular flexibility index (Phi) is 3.57. The Morgan fingerprint density at radius 3 is 2.52 bits per heavy atom. The van der Waals surface area contributed by atoms with Crippen molar-refractivity contribution in [3.8, 4) is 11.5 Å². The number of phenolic OH excluding ortho intramolecular Hbond substituents is 1. The molecule has 0 fully saturated rings. The lowest BCUT2D eigenvalue weighted by molar-refractivity contribution is 0.307. The fourth-order valence-electron chi connectivity index (χ4n) is 2.56. The summed E-state index contributed by atoms with van der Waals surface area (Å²) in [5.74, 6) is 1.16. The molecule has 0 aliphatic heterocycles. The summed E-state index contributed by atoms with van der Waals surface area (Å²) < 4.78 is 7.93. The van der Waals surface area contributed by atoms with Crippen molar-refractivity contribution in [3.05, 3.63) is 60.3 Å². The average Bonchev–Trinajstić information content (AvgIpc) is 2.87. The third kappa shape index (κ3) is 2.59. The van der Waals surface area contributed by atoms with Gasteiger partial charge in [-0.3, -0.25) is 0 Å². The van der Waals surface area contributed by atoms with Crippen LogP contribution in [0.15, 0.2) is 54.7 Å². The second kappa shape index (κ2) is 5.52. The van der Waals surface area contributed by atoms with Gasteiger partial charge in [0.1, 0.15) is 18.1 Å². The highest BCUT2D eigenvalue weighted by Gasteiger charge is 2.14. The zero-order chi connectivity index (χ0) is 14.8. The maximum atomic E-state index is 10.1. The lowest BCUT2D eigenvalue weighted by Crippen LogP contribution is -1.98. The minimum Gasteiger partial charge on any atom is -0.506 e. The molecule has 3 aromatic rings. The highest BCUT2D eigenvalue weighted by molar-refractivity contribution is 5.89. The first-order valence-electron chi connectivity index (χ1n) is 7.16. The van der Waals surface area contributed by atoms with Gasteiger partial charge in [0.2, 0.25) is 0 Å². The van der Waals surface area contributed by atoms with Crippen LogP contribution in [0, 0.1) is 0 Å². The van der Waals surface area contributed by atoms with Crippen LogP contribution < -0.4 is 4.74 Å². The van der Waals surface area contributed by atoms with Gasteiger partial charge in [-0.1, -0.05) is 30.3 Å². The van der Waals surface area contributed by atoms with Crippen molar-refractivity contribution < 1.29 is 9.84 Å². The molecule has 0 atom stereocenters. The largest absolute Gasteiger partial charge is 0.506 e. The molecule has 0 saturated carbocycles. The Morgan fingerprint density at radius 2 is 1.81 bits per heavy atom. The van der Waals surface area contributed by atoms with Crippen molar-refractivity contribution in [2.45, 2.75) is 26.5 Å². The molecule has 0 aliphatic rings. The van der Waals surface area contributed by atoms with Gasteiger partial charge >= 0.3 is 0 Å². The third-order valence-corrected chi connectivity index (χ3v) is 3.61. The van der Waals surface area contributed by atoms with Crippen molar-refractivity contribution in [3.63, 3.8) is 0 Å². The molecule has 1 heterocycles. The van der Waals surface area contributed by atoms with Crippen LogP contribution in [0.4, 0.5) is 0 Å². The molecule has 0 aliphatic carbocycles. The normalized spacial score (nSPS) is 11.2. The molecule has 0 spiro atoms. The molecule has 0 saturated heterocycles. The van der Waals surface area contributed by atoms with Gasteiger partial charge in [0.25, 0.3) is 0 Å². The van der Waals surface area contributed by atoms with E-state index in [0.29, 0.717) is 12.4 Å². The van der Waals surface area contributed by atoms with E-state index in [1.165, 1.54) is 0 Å². The second-order valence-corrected chi connectivity index (χ2v) is 5.43. The molecular weight excluding hydrogens is 262 g/mol. The minimum atomic E-state index is 0.284. The maximum absolute atomic E-state index is 10.1. The second-order valence-electron chi connectivity index (χ2n) is 5.43. The maximum Gasteiger partial charge on any atom is 0.139 e. The number of aromatic hydroxyl groups is 1. The van der Waals surface area contributed by atoms with Gasteiger partial charge in [-0.2, -0.15) is 0 Å². The van der Waals surface area contributed by atoms with E-state index in [1.54, 1.807) is 6.07 Å². The molecule has 3 heteroatoms. The van der Waals surface area contributed by atoms with Gasteiger partial charge in [0.05, 0.1) is 5.52 Å². The molecule has 0 bridgehead atoms. The summed E-state index contributed by atoms with van der Waals surface area (Å²) in [5.41, 5.74) is 1.96. The standard InChI is InChI=1S/C18H19NO2/c1-13(2)19-11-14(12-21-15-7-4-3-5-8-15)16-9-6-10-17(20)18(16)19/h3-11,13,20H,12H2,1-2H3. The predicted molar refractivity (Wildman–Crippen MR) is 84.8 cm³/mol. The van der Waals surface area contributed by atoms with Crippen molar-refractivity contribution in [2.75, 3.05) is 0 Å². The summed E-state index contributed by atoms with van der Waals surface area (Å²) in [6, 6.07) is 15.7. The van der Waals surface area contributed by atoms with E-state index >= 15 is 0 Å². The first-order valence-corrected chi connectivity index (χ1v) is 7.16. The molecule has 1 N–H and O–H groups in total. The molecule has 3 nitrogen and oxygen atoms in total. The smallest absolute Gasteiger partial charge is 0.139 e. The molecule has 2 aromatic carbocycles. The van der Waals surface area contributed by atoms with E-state index in [1.807, 2.05) is 42.5 Å². The van der Waals surface area contributed by atoms with Crippen LogP contribution in [0.25, 0.3) is 10.9 Å². The summed E-state index contributed by atoms with van der Waals surface area (Å²) in [6.07, 6.45) is 2.07. The van der Waals surface area contributed by atoms with E-state index in [0.717, 1.165) is 22.2 Å². The summed E-state index contributed by atoms with van der Waals surface area (Å²) in [5, 5.41) is 11.2. The molecule has 0 unspecified atom stereocenters. The van der Waals surface area contributed by atoms with E-state index < -0.39 is 0 Å². The fourth-order valence-corrected chi connectivity index (χ4v) is 2.56. The molecule has 108 valence electrons. The van der Waals surface area contributed by atoms with Crippen molar-refractivity contribution in [1.29, 1.82) is 0 Å². The highest BCUT2D eigenvalue weighted by Crippen LogP contribution is 2.31. The Bertz CT molecular complexity index is 745. The van der Waals surface area contributed by atoms with Gasteiger partial charge in [0, 0.05) is 23.2 Å². The van der Waals surface area contributed by atoms with Crippen LogP contribution in [-0.2, 0) is 6.61 Å². The minimum absolute atomic E-state index is 0.284. The number of aromatic nitrogens is 1. The molecule has 3 rings (SSSR count). The summed E-state index contributed by atoms with van der Waals surface area (Å²) in [4.78, 5) is 0. The van der Waals surface area contributed by atoms with Gasteiger partial charge < -0.3 is 14.4 Å². The third-order valence-electron chi connectivity index (χ3n) is 3.61. The lowest BCUT2D eigenvalue weighted by atomic mass is 10.2. The molecular formula is C18H19NO2. The van der Waals surface area contributed by atoms with Crippen LogP contribution >= 0.6 is 0 Å². The fraction of sp³-hybridized carbons (Fsp3) is 0.222. The van der Waals surface area contributed by atoms with E-state index in [4.69, 9.17) is 4.74 Å². The predicted octanol–water partition coefficient (Wildman–Crippen LogP) is 4.51. The van der Waals surface area contributed by atoms with E-state index in [9.17, 15) is 5.11 Å². The summed E-state index contributed by atoms with van der Waals surface area (Å²) in [6.45, 7) is 4.70. The summed E-state index contributed by atoms with van der Waals surface area (Å²) >= 11 is 0. The Labute approximate surface area is 124 Å². The number of para-hydroxylation sites is 2. The van der Waals surface area contributed by atoms with E-state index in [-0.39, 0.29) is 6.04 Å². The first kappa shape index (κ1) is 13.6. The number of phenols is 1. The first-order chi connectivity index (χ1) is 10.2. The quantitative estimate of drug-likeness (QED) is 0.763. The van der Waals surface area contributed by atoms with Crippen LogP contribution in [0.5, 0.6) is 11.5 Å². The number of hydrogen-bond acceptors (Lipinski definition) is 2. The molecule has 0 amide bonds. The van der Waals surface area contributed by atoms with Gasteiger partial charge in [0.15, 0.2) is 0 Å². The van der Waals surface area contributed by atoms with Crippen molar-refractivity contribution in [1.82, 2.24) is 4.57 Å². The van der Waals surface area contributed by atoms with Gasteiger partial charge in [-0.25, -0.2) is 0 Å². The van der Waals surface area contributed by atoms with Crippen LogP contribution in [0.1, 0.15) is 25.5 Å². The number of benzene rings is 2. The molecule has 21 heavy (non-hydrogen) atoms.